The molecule has 2 amide bonds. The largest absolute Gasteiger partial charge is 0.341 e. The van der Waals surface area contributed by atoms with Gasteiger partial charge in [-0.3, -0.25) is 14.6 Å². The Balaban J connectivity index is 1.39. The zero-order valence-electron chi connectivity index (χ0n) is 18.3. The van der Waals surface area contributed by atoms with Gasteiger partial charge >= 0.3 is 0 Å². The van der Waals surface area contributed by atoms with Crippen LogP contribution >= 0.6 is 0 Å². The molecule has 3 aromatic rings. The summed E-state index contributed by atoms with van der Waals surface area (Å²) >= 11 is 0. The molecule has 5 nitrogen and oxygen atoms in total. The van der Waals surface area contributed by atoms with Crippen molar-refractivity contribution in [2.24, 2.45) is 0 Å². The lowest BCUT2D eigenvalue weighted by atomic mass is 9.87. The Morgan fingerprint density at radius 1 is 1.03 bits per heavy atom. The third kappa shape index (κ3) is 4.03. The number of carbonyl (C=O) groups excluding carboxylic acids is 2. The molecule has 162 valence electrons. The van der Waals surface area contributed by atoms with Gasteiger partial charge in [-0.25, -0.2) is 0 Å². The summed E-state index contributed by atoms with van der Waals surface area (Å²) in [6.07, 6.45) is 2.15. The van der Waals surface area contributed by atoms with E-state index >= 15 is 0 Å². The van der Waals surface area contributed by atoms with Gasteiger partial charge in [0.25, 0.3) is 0 Å². The summed E-state index contributed by atoms with van der Waals surface area (Å²) in [5.74, 6) is -0.261. The first-order valence-corrected chi connectivity index (χ1v) is 11.3. The van der Waals surface area contributed by atoms with E-state index in [0.717, 1.165) is 47.6 Å². The molecule has 5 rings (SSSR count). The van der Waals surface area contributed by atoms with E-state index in [-0.39, 0.29) is 24.2 Å². The SMILES string of the molecule is Cc1cc(-c2ccccc2)cc([C@@H]2CCCN(C(=O)[C@H]3CC(=O)Nc4ccccc43)C2)n1. The minimum Gasteiger partial charge on any atom is -0.341 e. The highest BCUT2D eigenvalue weighted by molar-refractivity contribution is 6.01. The number of piperidine rings is 1. The van der Waals surface area contributed by atoms with Crippen LogP contribution in [0.25, 0.3) is 11.1 Å². The number of hydrogen-bond donors (Lipinski definition) is 1. The molecule has 0 bridgehead atoms. The number of nitrogens with zero attached hydrogens (tertiary/aromatic N) is 2. The summed E-state index contributed by atoms with van der Waals surface area (Å²) in [4.78, 5) is 32.5. The van der Waals surface area contributed by atoms with Gasteiger partial charge in [0.05, 0.1) is 5.92 Å². The molecule has 1 aromatic heterocycles. The molecular weight excluding hydrogens is 398 g/mol. The maximum Gasteiger partial charge on any atom is 0.230 e. The molecule has 2 atom stereocenters. The molecule has 1 saturated heterocycles. The molecule has 1 N–H and O–H groups in total. The van der Waals surface area contributed by atoms with E-state index in [1.54, 1.807) is 0 Å². The second-order valence-electron chi connectivity index (χ2n) is 8.80. The predicted molar refractivity (Wildman–Crippen MR) is 125 cm³/mol. The number of likely N-dealkylation sites (tertiary alicyclic amines) is 1. The molecule has 2 aliphatic heterocycles. The molecule has 3 heterocycles. The first-order chi connectivity index (χ1) is 15.6. The van der Waals surface area contributed by atoms with Crippen LogP contribution < -0.4 is 5.32 Å². The van der Waals surface area contributed by atoms with Crippen LogP contribution in [0.2, 0.25) is 0 Å². The van der Waals surface area contributed by atoms with Crippen molar-refractivity contribution in [1.82, 2.24) is 9.88 Å². The van der Waals surface area contributed by atoms with Crippen molar-refractivity contribution in [3.05, 3.63) is 83.7 Å². The van der Waals surface area contributed by atoms with Gasteiger partial charge in [0, 0.05) is 42.5 Å². The van der Waals surface area contributed by atoms with Gasteiger partial charge in [0.1, 0.15) is 0 Å². The molecule has 1 fully saturated rings. The second kappa shape index (κ2) is 8.58. The van der Waals surface area contributed by atoms with E-state index in [2.05, 4.69) is 29.6 Å². The van der Waals surface area contributed by atoms with Crippen LogP contribution in [0.15, 0.2) is 66.7 Å². The summed E-state index contributed by atoms with van der Waals surface area (Å²) in [5, 5.41) is 2.89. The zero-order valence-corrected chi connectivity index (χ0v) is 18.3. The molecule has 0 unspecified atom stereocenters. The average molecular weight is 426 g/mol. The fraction of sp³-hybridized carbons (Fsp3) is 0.296. The highest BCUT2D eigenvalue weighted by atomic mass is 16.2. The number of anilines is 1. The first-order valence-electron chi connectivity index (χ1n) is 11.3. The number of nitrogens with one attached hydrogen (secondary N) is 1. The highest BCUT2D eigenvalue weighted by Gasteiger charge is 2.35. The Morgan fingerprint density at radius 2 is 1.81 bits per heavy atom. The number of benzene rings is 2. The Bertz CT molecular complexity index is 1160. The van der Waals surface area contributed by atoms with E-state index < -0.39 is 5.92 Å². The number of para-hydroxylation sites is 1. The molecule has 0 radical (unpaired) electrons. The lowest BCUT2D eigenvalue weighted by molar-refractivity contribution is -0.136. The number of fused-ring (bicyclic) bond motifs is 1. The third-order valence-corrected chi connectivity index (χ3v) is 6.53. The summed E-state index contributed by atoms with van der Waals surface area (Å²) in [6, 6.07) is 22.3. The number of carbonyl (C=O) groups is 2. The Hall–Kier alpha value is -3.47. The molecule has 32 heavy (non-hydrogen) atoms. The standard InChI is InChI=1S/C27H27N3O2/c1-18-14-21(19-8-3-2-4-9-19)15-25(28-18)20-10-7-13-30(17-20)27(32)23-16-26(31)29-24-12-6-5-11-22(23)24/h2-6,8-9,11-12,14-15,20,23H,7,10,13,16-17H2,1H3,(H,29,31)/t20-,23+/m1/s1. The van der Waals surface area contributed by atoms with Crippen molar-refractivity contribution in [1.29, 1.82) is 0 Å². The third-order valence-electron chi connectivity index (χ3n) is 6.53. The monoisotopic (exact) mass is 425 g/mol. The van der Waals surface area contributed by atoms with Crippen LogP contribution in [0.3, 0.4) is 0 Å². The summed E-state index contributed by atoms with van der Waals surface area (Å²) in [5.41, 5.74) is 6.04. The van der Waals surface area contributed by atoms with Gasteiger partial charge in [0.15, 0.2) is 0 Å². The quantitative estimate of drug-likeness (QED) is 0.650. The van der Waals surface area contributed by atoms with Crippen LogP contribution in [0.5, 0.6) is 0 Å². The maximum atomic E-state index is 13.5. The fourth-order valence-electron chi connectivity index (χ4n) is 4.97. The van der Waals surface area contributed by atoms with E-state index in [1.165, 1.54) is 5.56 Å². The number of rotatable bonds is 3. The lowest BCUT2D eigenvalue weighted by Gasteiger charge is -2.36. The number of aryl methyl sites for hydroxylation is 1. The summed E-state index contributed by atoms with van der Waals surface area (Å²) < 4.78 is 0. The molecular formula is C27H27N3O2. The topological polar surface area (TPSA) is 62.3 Å². The van der Waals surface area contributed by atoms with Crippen LogP contribution in [0.1, 0.15) is 48.0 Å². The van der Waals surface area contributed by atoms with Gasteiger partial charge < -0.3 is 10.2 Å². The smallest absolute Gasteiger partial charge is 0.230 e. The van der Waals surface area contributed by atoms with Gasteiger partial charge in [-0.05, 0) is 54.7 Å². The number of amides is 2. The Kier molecular flexibility index (Phi) is 5.48. The van der Waals surface area contributed by atoms with Gasteiger partial charge in [-0.2, -0.15) is 0 Å². The molecule has 2 aromatic carbocycles. The summed E-state index contributed by atoms with van der Waals surface area (Å²) in [6.45, 7) is 3.40. The number of hydrogen-bond acceptors (Lipinski definition) is 3. The second-order valence-corrected chi connectivity index (χ2v) is 8.80. The number of pyridine rings is 1. The van der Waals surface area contributed by atoms with Crippen molar-refractivity contribution >= 4 is 17.5 Å². The minimum absolute atomic E-state index is 0.0490. The fourth-order valence-corrected chi connectivity index (χ4v) is 4.97. The first kappa shape index (κ1) is 20.4. The van der Waals surface area contributed by atoms with Gasteiger partial charge in [0.2, 0.25) is 11.8 Å². The predicted octanol–water partition coefficient (Wildman–Crippen LogP) is 4.89. The van der Waals surface area contributed by atoms with Crippen LogP contribution in [-0.4, -0.2) is 34.8 Å². The van der Waals surface area contributed by atoms with E-state index in [1.807, 2.05) is 54.3 Å². The minimum atomic E-state index is -0.413. The van der Waals surface area contributed by atoms with Crippen molar-refractivity contribution < 1.29 is 9.59 Å². The highest BCUT2D eigenvalue weighted by Crippen LogP contribution is 2.36. The molecule has 0 spiro atoms. The summed E-state index contributed by atoms with van der Waals surface area (Å²) in [7, 11) is 0. The maximum absolute atomic E-state index is 13.5. The Labute approximate surface area is 188 Å². The normalized spacial score (nSPS) is 20.4. The molecule has 5 heteroatoms. The zero-order chi connectivity index (χ0) is 22.1. The van der Waals surface area contributed by atoms with Crippen molar-refractivity contribution in [2.75, 3.05) is 18.4 Å². The van der Waals surface area contributed by atoms with Gasteiger partial charge in [-0.1, -0.05) is 48.5 Å². The van der Waals surface area contributed by atoms with Crippen LogP contribution in [-0.2, 0) is 9.59 Å². The average Bonchev–Trinajstić information content (AvgIpc) is 2.83. The molecule has 0 aliphatic carbocycles. The lowest BCUT2D eigenvalue weighted by Crippen LogP contribution is -2.43. The van der Waals surface area contributed by atoms with Crippen LogP contribution in [0.4, 0.5) is 5.69 Å². The van der Waals surface area contributed by atoms with Gasteiger partial charge in [-0.15, -0.1) is 0 Å². The van der Waals surface area contributed by atoms with E-state index in [0.29, 0.717) is 6.54 Å². The van der Waals surface area contributed by atoms with Crippen LogP contribution in [0, 0.1) is 6.92 Å². The number of aromatic nitrogens is 1. The van der Waals surface area contributed by atoms with E-state index in [9.17, 15) is 9.59 Å². The molecule has 0 saturated carbocycles. The van der Waals surface area contributed by atoms with Crippen molar-refractivity contribution in [3.8, 4) is 11.1 Å². The van der Waals surface area contributed by atoms with Crippen molar-refractivity contribution in [3.63, 3.8) is 0 Å². The Morgan fingerprint density at radius 3 is 2.66 bits per heavy atom. The van der Waals surface area contributed by atoms with E-state index in [4.69, 9.17) is 4.98 Å². The van der Waals surface area contributed by atoms with Crippen molar-refractivity contribution in [2.45, 2.75) is 38.0 Å². The molecule has 2 aliphatic rings.